The molecule has 1 heterocycles. The smallest absolute Gasteiger partial charge is 0.257 e. The molecule has 0 atom stereocenters. The molecule has 0 bridgehead atoms. The Balaban J connectivity index is 1.47. The number of carbonyl (C=O) groups is 2. The monoisotopic (exact) mass is 436 g/mol. The lowest BCUT2D eigenvalue weighted by atomic mass is 9.66. The number of carbonyl (C=O) groups excluding carboxylic acids is 2. The second-order valence-corrected chi connectivity index (χ2v) is 8.66. The van der Waals surface area contributed by atoms with Crippen LogP contribution in [0.5, 0.6) is 5.75 Å². The van der Waals surface area contributed by atoms with E-state index in [2.05, 4.69) is 16.2 Å². The van der Waals surface area contributed by atoms with Crippen molar-refractivity contribution in [1.82, 2.24) is 4.98 Å². The fourth-order valence-corrected chi connectivity index (χ4v) is 3.93. The van der Waals surface area contributed by atoms with E-state index in [0.29, 0.717) is 27.6 Å². The van der Waals surface area contributed by atoms with Gasteiger partial charge in [-0.2, -0.15) is 0 Å². The number of ether oxygens (including phenoxy) is 1. The fraction of sp³-hybridized carbons (Fsp3) is 0.0417. The molecule has 0 saturated carbocycles. The molecule has 4 aromatic rings. The number of amides is 1. The van der Waals surface area contributed by atoms with Gasteiger partial charge in [0.05, 0.1) is 15.6 Å². The summed E-state index contributed by atoms with van der Waals surface area (Å²) in [6, 6.07) is 21.1. The third kappa shape index (κ3) is 4.74. The summed E-state index contributed by atoms with van der Waals surface area (Å²) in [5.74, 6) is 2.85. The summed E-state index contributed by atoms with van der Waals surface area (Å²) < 4.78 is 6.68. The summed E-state index contributed by atoms with van der Waals surface area (Å²) in [7, 11) is 3.63. The molecule has 1 amide bonds. The maximum atomic E-state index is 12.7. The highest BCUT2D eigenvalue weighted by Crippen LogP contribution is 2.30. The third-order valence-corrected chi connectivity index (χ3v) is 5.68. The molecule has 0 radical (unpaired) electrons. The van der Waals surface area contributed by atoms with Crippen molar-refractivity contribution in [2.45, 2.75) is 5.40 Å². The number of thiazole rings is 1. The molecule has 154 valence electrons. The Hall–Kier alpha value is -3.82. The normalized spacial score (nSPS) is 11.0. The first kappa shape index (κ1) is 21.4. The first-order valence-electron chi connectivity index (χ1n) is 9.93. The summed E-state index contributed by atoms with van der Waals surface area (Å²) in [4.78, 5) is 29.6. The minimum absolute atomic E-state index is 0.0882. The predicted octanol–water partition coefficient (Wildman–Crippen LogP) is 2.71. The second-order valence-electron chi connectivity index (χ2n) is 7.63. The molecule has 0 aliphatic carbocycles. The van der Waals surface area contributed by atoms with E-state index >= 15 is 0 Å². The van der Waals surface area contributed by atoms with Crippen LogP contribution >= 0.6 is 11.3 Å². The van der Waals surface area contributed by atoms with Crippen LogP contribution in [0.1, 0.15) is 26.3 Å². The molecule has 0 aliphatic heterocycles. The van der Waals surface area contributed by atoms with Crippen molar-refractivity contribution in [3.05, 3.63) is 89.5 Å². The average Bonchev–Trinajstić information content (AvgIpc) is 3.20. The molecule has 0 unspecified atom stereocenters. The standard InChI is InChI=1S/C24H18B2N2O3S/c1-2-24(25,26)31-18-12-13-19-20(14-18)32-23(27-19)28-22(30)17-10-8-16(9-11-17)21(29)15-6-4-3-5-7-15/h1,3-14H,25-26H2,(H,27,28,30). The predicted molar refractivity (Wildman–Crippen MR) is 133 cm³/mol. The van der Waals surface area contributed by atoms with Crippen LogP contribution in [0.3, 0.4) is 0 Å². The minimum Gasteiger partial charge on any atom is -0.494 e. The first-order valence-corrected chi connectivity index (χ1v) is 10.7. The van der Waals surface area contributed by atoms with Gasteiger partial charge in [0.1, 0.15) is 5.75 Å². The molecule has 0 saturated heterocycles. The van der Waals surface area contributed by atoms with Gasteiger partial charge < -0.3 is 4.74 Å². The molecular weight excluding hydrogens is 418 g/mol. The van der Waals surface area contributed by atoms with E-state index in [1.165, 1.54) is 11.3 Å². The Bertz CT molecular complexity index is 1340. The number of benzene rings is 3. The Labute approximate surface area is 191 Å². The fourth-order valence-electron chi connectivity index (χ4n) is 3.04. The molecule has 1 N–H and O–H groups in total. The molecule has 0 spiro atoms. The topological polar surface area (TPSA) is 68.3 Å². The SMILES string of the molecule is BC(B)(C#C)Oc1ccc2nc(NC(=O)c3ccc(C(=O)c4ccccc4)cc3)sc2c1. The number of anilines is 1. The third-order valence-electron chi connectivity index (χ3n) is 4.75. The van der Waals surface area contributed by atoms with Crippen LogP contribution in [0.25, 0.3) is 10.2 Å². The van der Waals surface area contributed by atoms with E-state index in [0.717, 1.165) is 10.2 Å². The van der Waals surface area contributed by atoms with Crippen LogP contribution in [0.4, 0.5) is 5.13 Å². The number of fused-ring (bicyclic) bond motifs is 1. The highest BCUT2D eigenvalue weighted by Gasteiger charge is 2.17. The molecule has 1 aromatic heterocycles. The zero-order chi connectivity index (χ0) is 22.7. The number of nitrogens with one attached hydrogen (secondary N) is 1. The summed E-state index contributed by atoms with van der Waals surface area (Å²) in [5.41, 5.74) is 2.32. The van der Waals surface area contributed by atoms with Crippen LogP contribution in [-0.2, 0) is 0 Å². The lowest BCUT2D eigenvalue weighted by molar-refractivity contribution is 0.102. The highest BCUT2D eigenvalue weighted by atomic mass is 32.1. The largest absolute Gasteiger partial charge is 0.494 e. The van der Waals surface area contributed by atoms with Crippen molar-refractivity contribution in [2.24, 2.45) is 0 Å². The van der Waals surface area contributed by atoms with Gasteiger partial charge in [0, 0.05) is 16.7 Å². The Morgan fingerprint density at radius 1 is 0.969 bits per heavy atom. The van der Waals surface area contributed by atoms with Gasteiger partial charge in [-0.1, -0.05) is 59.7 Å². The van der Waals surface area contributed by atoms with E-state index in [1.54, 1.807) is 42.5 Å². The van der Waals surface area contributed by atoms with E-state index < -0.39 is 5.40 Å². The number of terminal acetylenes is 1. The van der Waals surface area contributed by atoms with Crippen molar-refractivity contribution in [3.63, 3.8) is 0 Å². The van der Waals surface area contributed by atoms with Crippen molar-refractivity contribution in [3.8, 4) is 18.1 Å². The van der Waals surface area contributed by atoms with Crippen LogP contribution in [0.2, 0.25) is 0 Å². The number of nitrogens with zero attached hydrogens (tertiary/aromatic N) is 1. The van der Waals surface area contributed by atoms with E-state index in [1.807, 2.05) is 46.0 Å². The molecule has 32 heavy (non-hydrogen) atoms. The molecule has 3 aromatic carbocycles. The maximum absolute atomic E-state index is 12.7. The van der Waals surface area contributed by atoms with E-state index in [9.17, 15) is 9.59 Å². The lowest BCUT2D eigenvalue weighted by Gasteiger charge is -2.20. The lowest BCUT2D eigenvalue weighted by Crippen LogP contribution is -2.35. The number of rotatable bonds is 6. The molecule has 5 nitrogen and oxygen atoms in total. The summed E-state index contributed by atoms with van der Waals surface area (Å²) >= 11 is 1.34. The van der Waals surface area contributed by atoms with Gasteiger partial charge in [0.25, 0.3) is 5.91 Å². The van der Waals surface area contributed by atoms with Crippen LogP contribution < -0.4 is 10.1 Å². The number of ketones is 1. The Morgan fingerprint density at radius 3 is 2.31 bits per heavy atom. The molecule has 0 fully saturated rings. The summed E-state index contributed by atoms with van der Waals surface area (Å²) in [6.45, 7) is 0. The number of aromatic nitrogens is 1. The average molecular weight is 436 g/mol. The number of hydrogen-bond donors (Lipinski definition) is 1. The molecule has 0 aliphatic rings. The first-order chi connectivity index (χ1) is 15.3. The van der Waals surface area contributed by atoms with Gasteiger partial charge in [0.15, 0.2) is 26.6 Å². The van der Waals surface area contributed by atoms with Crippen LogP contribution in [-0.4, -0.2) is 37.8 Å². The highest BCUT2D eigenvalue weighted by molar-refractivity contribution is 7.22. The van der Waals surface area contributed by atoms with Crippen molar-refractivity contribution in [1.29, 1.82) is 0 Å². The summed E-state index contributed by atoms with van der Waals surface area (Å²) in [6.07, 6.45) is 5.49. The zero-order valence-corrected chi connectivity index (χ0v) is 18.4. The molecule has 4 rings (SSSR count). The van der Waals surface area contributed by atoms with Crippen molar-refractivity contribution >= 4 is 54.1 Å². The van der Waals surface area contributed by atoms with E-state index in [-0.39, 0.29) is 11.7 Å². The quantitative estimate of drug-likeness (QED) is 0.287. The minimum atomic E-state index is -0.719. The van der Waals surface area contributed by atoms with Gasteiger partial charge in [0.2, 0.25) is 0 Å². The Kier molecular flexibility index (Phi) is 5.85. The van der Waals surface area contributed by atoms with Gasteiger partial charge in [-0.05, 0) is 30.3 Å². The van der Waals surface area contributed by atoms with Crippen LogP contribution in [0, 0.1) is 12.3 Å². The van der Waals surface area contributed by atoms with Gasteiger partial charge in [-0.3, -0.25) is 14.9 Å². The molecule has 8 heteroatoms. The van der Waals surface area contributed by atoms with Crippen molar-refractivity contribution < 1.29 is 14.3 Å². The van der Waals surface area contributed by atoms with Crippen molar-refractivity contribution in [2.75, 3.05) is 5.32 Å². The van der Waals surface area contributed by atoms with E-state index in [4.69, 9.17) is 11.2 Å². The maximum Gasteiger partial charge on any atom is 0.257 e. The second kappa shape index (κ2) is 8.74. The van der Waals surface area contributed by atoms with Gasteiger partial charge >= 0.3 is 0 Å². The zero-order valence-electron chi connectivity index (χ0n) is 17.6. The van der Waals surface area contributed by atoms with Gasteiger partial charge in [-0.15, -0.1) is 6.42 Å². The Morgan fingerprint density at radius 2 is 1.62 bits per heavy atom. The van der Waals surface area contributed by atoms with Crippen LogP contribution in [0.15, 0.2) is 72.8 Å². The van der Waals surface area contributed by atoms with Gasteiger partial charge in [-0.25, -0.2) is 4.98 Å². The number of hydrogen-bond acceptors (Lipinski definition) is 5. The molecular formula is C24H18B2N2O3S. The summed E-state index contributed by atoms with van der Waals surface area (Å²) in [5, 5.41) is 2.57.